The lowest BCUT2D eigenvalue weighted by Crippen LogP contribution is -2.44. The highest BCUT2D eigenvalue weighted by Crippen LogP contribution is 2.23. The summed E-state index contributed by atoms with van der Waals surface area (Å²) < 4.78 is 11.4. The molecule has 0 radical (unpaired) electrons. The zero-order valence-electron chi connectivity index (χ0n) is 17.3. The quantitative estimate of drug-likeness (QED) is 0.348. The fourth-order valence-electron chi connectivity index (χ4n) is 4.03. The molecule has 1 heterocycles. The molecule has 3 rings (SSSR count). The summed E-state index contributed by atoms with van der Waals surface area (Å²) in [6, 6.07) is 9.17. The van der Waals surface area contributed by atoms with Crippen LogP contribution in [0.4, 0.5) is 0 Å². The molecule has 6 heteroatoms. The minimum absolute atomic E-state index is 0. The van der Waals surface area contributed by atoms with Crippen LogP contribution < -0.4 is 10.6 Å². The Labute approximate surface area is 187 Å². The first-order valence-electron chi connectivity index (χ1n) is 10.5. The van der Waals surface area contributed by atoms with Gasteiger partial charge in [0.25, 0.3) is 0 Å². The van der Waals surface area contributed by atoms with Crippen LogP contribution >= 0.6 is 24.0 Å². The molecule has 2 unspecified atom stereocenters. The summed E-state index contributed by atoms with van der Waals surface area (Å²) in [5.74, 6) is 1.71. The van der Waals surface area contributed by atoms with Gasteiger partial charge in [0, 0.05) is 32.8 Å². The molecule has 2 aliphatic rings. The Morgan fingerprint density at radius 2 is 1.96 bits per heavy atom. The van der Waals surface area contributed by atoms with Crippen LogP contribution in [0.2, 0.25) is 0 Å². The van der Waals surface area contributed by atoms with Crippen LogP contribution in [0.3, 0.4) is 0 Å². The lowest BCUT2D eigenvalue weighted by atomic mass is 9.87. The van der Waals surface area contributed by atoms with Gasteiger partial charge in [0.15, 0.2) is 5.96 Å². The fourth-order valence-corrected chi connectivity index (χ4v) is 4.03. The van der Waals surface area contributed by atoms with Gasteiger partial charge < -0.3 is 20.1 Å². The Balaban J connectivity index is 0.00000280. The van der Waals surface area contributed by atoms with E-state index in [2.05, 4.69) is 46.8 Å². The van der Waals surface area contributed by atoms with Gasteiger partial charge in [0.1, 0.15) is 0 Å². The molecule has 5 nitrogen and oxygen atoms in total. The monoisotopic (exact) mass is 501 g/mol. The number of nitrogens with one attached hydrogen (secondary N) is 2. The number of hydrogen-bond acceptors (Lipinski definition) is 3. The van der Waals surface area contributed by atoms with Crippen LogP contribution in [0, 0.1) is 5.92 Å². The van der Waals surface area contributed by atoms with E-state index in [1.807, 2.05) is 7.05 Å². The fraction of sp³-hybridized carbons (Fsp3) is 0.682. The third kappa shape index (κ3) is 7.87. The van der Waals surface area contributed by atoms with Crippen molar-refractivity contribution in [2.75, 3.05) is 20.3 Å². The van der Waals surface area contributed by atoms with Gasteiger partial charge in [0.2, 0.25) is 0 Å². The van der Waals surface area contributed by atoms with Crippen LogP contribution in [0.15, 0.2) is 29.3 Å². The van der Waals surface area contributed by atoms with Crippen molar-refractivity contribution in [2.24, 2.45) is 10.9 Å². The predicted molar refractivity (Wildman–Crippen MR) is 125 cm³/mol. The van der Waals surface area contributed by atoms with Gasteiger partial charge in [-0.2, -0.15) is 0 Å². The molecule has 1 aromatic rings. The molecule has 0 amide bonds. The topological polar surface area (TPSA) is 54.9 Å². The van der Waals surface area contributed by atoms with Crippen molar-refractivity contribution >= 4 is 29.9 Å². The van der Waals surface area contributed by atoms with E-state index in [-0.39, 0.29) is 24.0 Å². The number of ether oxygens (including phenoxy) is 2. The van der Waals surface area contributed by atoms with Crippen LogP contribution in [0.1, 0.15) is 56.6 Å². The smallest absolute Gasteiger partial charge is 0.191 e. The first kappa shape index (κ1) is 23.4. The average Bonchev–Trinajstić information content (AvgIpc) is 2.71. The highest BCUT2D eigenvalue weighted by Gasteiger charge is 2.19. The lowest BCUT2D eigenvalue weighted by molar-refractivity contribution is -0.0390. The summed E-state index contributed by atoms with van der Waals surface area (Å²) in [5, 5.41) is 7.05. The van der Waals surface area contributed by atoms with Crippen LogP contribution in [-0.2, 0) is 22.6 Å². The zero-order valence-corrected chi connectivity index (χ0v) is 19.6. The van der Waals surface area contributed by atoms with Crippen molar-refractivity contribution in [2.45, 2.75) is 70.7 Å². The van der Waals surface area contributed by atoms with E-state index in [9.17, 15) is 0 Å². The summed E-state index contributed by atoms with van der Waals surface area (Å²) >= 11 is 0. The summed E-state index contributed by atoms with van der Waals surface area (Å²) in [6.45, 7) is 5.43. The maximum atomic E-state index is 6.04. The van der Waals surface area contributed by atoms with Gasteiger partial charge in [-0.1, -0.05) is 44.0 Å². The number of rotatable bonds is 6. The van der Waals surface area contributed by atoms with Gasteiger partial charge in [-0.05, 0) is 42.7 Å². The molecule has 2 fully saturated rings. The van der Waals surface area contributed by atoms with Crippen molar-refractivity contribution in [1.29, 1.82) is 0 Å². The van der Waals surface area contributed by atoms with Crippen molar-refractivity contribution in [1.82, 2.24) is 10.6 Å². The number of guanidine groups is 1. The molecule has 2 atom stereocenters. The minimum Gasteiger partial charge on any atom is -0.381 e. The predicted octanol–water partition coefficient (Wildman–Crippen LogP) is 4.24. The van der Waals surface area contributed by atoms with E-state index in [1.165, 1.54) is 36.8 Å². The number of hydrogen-bond donors (Lipinski definition) is 2. The van der Waals surface area contributed by atoms with Crippen molar-refractivity contribution in [3.63, 3.8) is 0 Å². The molecule has 1 saturated heterocycles. The van der Waals surface area contributed by atoms with Gasteiger partial charge in [-0.25, -0.2) is 0 Å². The van der Waals surface area contributed by atoms with Crippen molar-refractivity contribution in [3.05, 3.63) is 35.4 Å². The highest BCUT2D eigenvalue weighted by atomic mass is 127. The van der Waals surface area contributed by atoms with Crippen LogP contribution in [0.5, 0.6) is 0 Å². The number of benzene rings is 1. The Morgan fingerprint density at radius 3 is 2.71 bits per heavy atom. The lowest BCUT2D eigenvalue weighted by Gasteiger charge is -2.28. The van der Waals surface area contributed by atoms with Gasteiger partial charge in [0.05, 0.1) is 12.7 Å². The first-order valence-corrected chi connectivity index (χ1v) is 10.5. The second kappa shape index (κ2) is 12.6. The number of halogens is 1. The molecule has 0 bridgehead atoms. The molecular formula is C22H36IN3O2. The summed E-state index contributed by atoms with van der Waals surface area (Å²) in [7, 11) is 1.85. The molecular weight excluding hydrogens is 465 g/mol. The van der Waals surface area contributed by atoms with E-state index in [0.717, 1.165) is 44.5 Å². The summed E-state index contributed by atoms with van der Waals surface area (Å²) in [5.41, 5.74) is 2.48. The zero-order chi connectivity index (χ0) is 18.9. The standard InChI is InChI=1S/C22H35N3O2.HI/c1-17-5-3-8-20(13-17)25-22(23-2)24-15-18-6-4-7-19(14-18)16-27-21-9-11-26-12-10-21;/h4,6-7,14,17,20-21H,3,5,8-13,15-16H2,1-2H3,(H2,23,24,25);1H. The summed E-state index contributed by atoms with van der Waals surface area (Å²) in [6.07, 6.45) is 7.48. The van der Waals surface area contributed by atoms with E-state index in [4.69, 9.17) is 9.47 Å². The first-order chi connectivity index (χ1) is 13.2. The molecule has 0 spiro atoms. The normalized spacial score (nSPS) is 23.7. The molecule has 1 saturated carbocycles. The molecule has 28 heavy (non-hydrogen) atoms. The third-order valence-electron chi connectivity index (χ3n) is 5.61. The maximum absolute atomic E-state index is 6.04. The second-order valence-electron chi connectivity index (χ2n) is 7.98. The SMILES string of the molecule is CN=C(NCc1cccc(COC2CCOCC2)c1)NC1CCCC(C)C1.I. The Morgan fingerprint density at radius 1 is 1.18 bits per heavy atom. The van der Waals surface area contributed by atoms with Gasteiger partial charge in [-0.3, -0.25) is 4.99 Å². The van der Waals surface area contributed by atoms with Crippen LogP contribution in [0.25, 0.3) is 0 Å². The Kier molecular flexibility index (Phi) is 10.6. The number of aliphatic imine (C=N–C) groups is 1. The number of nitrogens with zero attached hydrogens (tertiary/aromatic N) is 1. The average molecular weight is 501 g/mol. The van der Waals surface area contributed by atoms with E-state index >= 15 is 0 Å². The van der Waals surface area contributed by atoms with E-state index in [0.29, 0.717) is 18.8 Å². The molecule has 1 aromatic carbocycles. The molecule has 1 aliphatic carbocycles. The van der Waals surface area contributed by atoms with Gasteiger partial charge in [-0.15, -0.1) is 24.0 Å². The second-order valence-corrected chi connectivity index (χ2v) is 7.98. The van der Waals surface area contributed by atoms with Crippen LogP contribution in [-0.4, -0.2) is 38.4 Å². The Bertz CT molecular complexity index is 605. The van der Waals surface area contributed by atoms with E-state index < -0.39 is 0 Å². The molecule has 158 valence electrons. The Hall–Kier alpha value is -0.860. The molecule has 0 aromatic heterocycles. The largest absolute Gasteiger partial charge is 0.381 e. The summed E-state index contributed by atoms with van der Waals surface area (Å²) in [4.78, 5) is 4.40. The van der Waals surface area contributed by atoms with Crippen molar-refractivity contribution in [3.8, 4) is 0 Å². The highest BCUT2D eigenvalue weighted by molar-refractivity contribution is 14.0. The third-order valence-corrected chi connectivity index (χ3v) is 5.61. The van der Waals surface area contributed by atoms with Gasteiger partial charge >= 0.3 is 0 Å². The maximum Gasteiger partial charge on any atom is 0.191 e. The van der Waals surface area contributed by atoms with E-state index in [1.54, 1.807) is 0 Å². The molecule has 1 aliphatic heterocycles. The molecule has 2 N–H and O–H groups in total. The minimum atomic E-state index is 0. The van der Waals surface area contributed by atoms with Crippen molar-refractivity contribution < 1.29 is 9.47 Å².